The van der Waals surface area contributed by atoms with Gasteiger partial charge in [0.1, 0.15) is 0 Å². The van der Waals surface area contributed by atoms with Gasteiger partial charge in [0.2, 0.25) is 0 Å². The first-order valence-electron chi connectivity index (χ1n) is 9.82. The van der Waals surface area contributed by atoms with Crippen LogP contribution in [0.25, 0.3) is 11.1 Å². The predicted octanol–water partition coefficient (Wildman–Crippen LogP) is 6.57. The maximum absolute atomic E-state index is 13.2. The zero-order chi connectivity index (χ0) is 18.6. The van der Waals surface area contributed by atoms with Crippen molar-refractivity contribution in [1.82, 2.24) is 0 Å². The highest BCUT2D eigenvalue weighted by Crippen LogP contribution is 2.41. The van der Waals surface area contributed by atoms with E-state index in [1.807, 2.05) is 36.4 Å². The van der Waals surface area contributed by atoms with Gasteiger partial charge >= 0.3 is 0 Å². The highest BCUT2D eigenvalue weighted by atomic mass is 16.1. The molecule has 0 saturated heterocycles. The van der Waals surface area contributed by atoms with Gasteiger partial charge in [0.15, 0.2) is 5.78 Å². The molecule has 0 bridgehead atoms. The lowest BCUT2D eigenvalue weighted by Gasteiger charge is -2.09. The second-order valence-corrected chi connectivity index (χ2v) is 7.14. The molecule has 0 amide bonds. The molecule has 0 saturated carbocycles. The van der Waals surface area contributed by atoms with E-state index in [0.717, 1.165) is 39.8 Å². The summed E-state index contributed by atoms with van der Waals surface area (Å²) in [7, 11) is 0. The van der Waals surface area contributed by atoms with Crippen LogP contribution in [-0.2, 0) is 6.42 Å². The van der Waals surface area contributed by atoms with Gasteiger partial charge in [-0.1, -0.05) is 98.6 Å². The third-order valence-electron chi connectivity index (χ3n) is 5.29. The lowest BCUT2D eigenvalue weighted by molar-refractivity contribution is 0.105. The molecule has 1 heteroatoms. The molecule has 1 aliphatic carbocycles. The maximum atomic E-state index is 13.2. The molecule has 0 heterocycles. The van der Waals surface area contributed by atoms with Crippen molar-refractivity contribution in [1.29, 1.82) is 0 Å². The van der Waals surface area contributed by atoms with Crippen LogP contribution in [0.15, 0.2) is 78.9 Å². The van der Waals surface area contributed by atoms with Crippen LogP contribution in [0.1, 0.15) is 58.8 Å². The van der Waals surface area contributed by atoms with Crippen LogP contribution in [0.5, 0.6) is 0 Å². The number of hydrogen-bond donors (Lipinski definition) is 0. The van der Waals surface area contributed by atoms with E-state index in [-0.39, 0.29) is 5.78 Å². The second-order valence-electron chi connectivity index (χ2n) is 7.14. The third-order valence-corrected chi connectivity index (χ3v) is 5.29. The van der Waals surface area contributed by atoms with Gasteiger partial charge in [0, 0.05) is 16.7 Å². The Kier molecular flexibility index (Phi) is 5.02. The minimum absolute atomic E-state index is 0.128. The zero-order valence-electron chi connectivity index (χ0n) is 15.7. The van der Waals surface area contributed by atoms with Crippen molar-refractivity contribution in [3.05, 3.63) is 107 Å². The van der Waals surface area contributed by atoms with Gasteiger partial charge in [-0.05, 0) is 35.1 Å². The van der Waals surface area contributed by atoms with Crippen molar-refractivity contribution >= 4 is 16.9 Å². The topological polar surface area (TPSA) is 17.1 Å². The first kappa shape index (κ1) is 17.5. The van der Waals surface area contributed by atoms with Crippen LogP contribution < -0.4 is 0 Å². The molecule has 4 rings (SSSR count). The molecule has 0 aromatic heterocycles. The van der Waals surface area contributed by atoms with E-state index in [4.69, 9.17) is 0 Å². The fourth-order valence-electron chi connectivity index (χ4n) is 3.88. The normalized spacial score (nSPS) is 13.1. The molecular weight excluding hydrogens is 328 g/mol. The smallest absolute Gasteiger partial charge is 0.194 e. The number of Topliss-reactive ketones (excluding diaryl/α,β-unsaturated/α-hetero) is 1. The van der Waals surface area contributed by atoms with Crippen LogP contribution in [-0.4, -0.2) is 5.78 Å². The summed E-state index contributed by atoms with van der Waals surface area (Å²) in [5, 5.41) is 0. The van der Waals surface area contributed by atoms with E-state index in [1.54, 1.807) is 0 Å². The van der Waals surface area contributed by atoms with E-state index in [9.17, 15) is 4.79 Å². The van der Waals surface area contributed by atoms with Gasteiger partial charge in [-0.15, -0.1) is 0 Å². The molecule has 1 nitrogen and oxygen atoms in total. The van der Waals surface area contributed by atoms with E-state index in [0.29, 0.717) is 0 Å². The Morgan fingerprint density at radius 1 is 0.630 bits per heavy atom. The Bertz CT molecular complexity index is 978. The van der Waals surface area contributed by atoms with E-state index >= 15 is 0 Å². The maximum Gasteiger partial charge on any atom is 0.194 e. The molecule has 0 spiro atoms. The van der Waals surface area contributed by atoms with Crippen LogP contribution in [0, 0.1) is 0 Å². The molecule has 0 N–H and O–H groups in total. The summed E-state index contributed by atoms with van der Waals surface area (Å²) in [6, 6.07) is 26.8. The first-order valence-corrected chi connectivity index (χ1v) is 9.82. The molecule has 0 atom stereocenters. The van der Waals surface area contributed by atoms with Crippen LogP contribution in [0.3, 0.4) is 0 Å². The van der Waals surface area contributed by atoms with Crippen molar-refractivity contribution < 1.29 is 4.79 Å². The Balaban J connectivity index is 1.78. The van der Waals surface area contributed by atoms with E-state index < -0.39 is 0 Å². The standard InChI is InChI=1S/C26H24O/c1-2-3-5-10-19-15-17-21(18-16-19)25-24(20-11-6-4-7-12-20)22-13-8-9-14-23(22)26(25)27/h4,6-9,11-18H,2-3,5,10H2,1H3. The quantitative estimate of drug-likeness (QED) is 0.458. The number of allylic oxidation sites excluding steroid dienone is 1. The summed E-state index contributed by atoms with van der Waals surface area (Å²) < 4.78 is 0. The van der Waals surface area contributed by atoms with Gasteiger partial charge in [0.05, 0.1) is 0 Å². The Morgan fingerprint density at radius 3 is 1.96 bits per heavy atom. The molecule has 0 radical (unpaired) electrons. The number of hydrogen-bond acceptors (Lipinski definition) is 1. The summed E-state index contributed by atoms with van der Waals surface area (Å²) in [4.78, 5) is 13.2. The summed E-state index contributed by atoms with van der Waals surface area (Å²) in [5.41, 5.74) is 7.16. The van der Waals surface area contributed by atoms with Crippen molar-refractivity contribution in [2.75, 3.05) is 0 Å². The fourth-order valence-corrected chi connectivity index (χ4v) is 3.88. The molecule has 3 aromatic carbocycles. The van der Waals surface area contributed by atoms with Crippen LogP contribution in [0.2, 0.25) is 0 Å². The molecule has 0 unspecified atom stereocenters. The Morgan fingerprint density at radius 2 is 1.26 bits per heavy atom. The third kappa shape index (κ3) is 3.38. The number of aryl methyl sites for hydroxylation is 1. The lowest BCUT2D eigenvalue weighted by atomic mass is 9.93. The van der Waals surface area contributed by atoms with Gasteiger partial charge < -0.3 is 0 Å². The first-order chi connectivity index (χ1) is 13.3. The molecule has 1 aliphatic rings. The van der Waals surface area contributed by atoms with Crippen LogP contribution in [0.4, 0.5) is 0 Å². The number of benzene rings is 3. The molecule has 3 aromatic rings. The summed E-state index contributed by atoms with van der Waals surface area (Å²) in [6.07, 6.45) is 4.82. The highest BCUT2D eigenvalue weighted by molar-refractivity contribution is 6.41. The number of ketones is 1. The fraction of sp³-hybridized carbons (Fsp3) is 0.192. The highest BCUT2D eigenvalue weighted by Gasteiger charge is 2.30. The number of carbonyl (C=O) groups is 1. The Labute approximate surface area is 161 Å². The van der Waals surface area contributed by atoms with Crippen molar-refractivity contribution in [2.24, 2.45) is 0 Å². The predicted molar refractivity (Wildman–Crippen MR) is 113 cm³/mol. The summed E-state index contributed by atoms with van der Waals surface area (Å²) in [5.74, 6) is 0.128. The van der Waals surface area contributed by atoms with Gasteiger partial charge in [0.25, 0.3) is 0 Å². The summed E-state index contributed by atoms with van der Waals surface area (Å²) >= 11 is 0. The van der Waals surface area contributed by atoms with Gasteiger partial charge in [-0.3, -0.25) is 4.79 Å². The van der Waals surface area contributed by atoms with Crippen molar-refractivity contribution in [3.63, 3.8) is 0 Å². The average Bonchev–Trinajstić information content (AvgIpc) is 3.02. The zero-order valence-corrected chi connectivity index (χ0v) is 15.7. The average molecular weight is 352 g/mol. The Hall–Kier alpha value is -2.93. The number of fused-ring (bicyclic) bond motifs is 1. The molecule has 134 valence electrons. The number of rotatable bonds is 6. The molecule has 0 aliphatic heterocycles. The lowest BCUT2D eigenvalue weighted by Crippen LogP contribution is -1.98. The van der Waals surface area contributed by atoms with E-state index in [2.05, 4.69) is 49.4 Å². The second kappa shape index (κ2) is 7.75. The number of carbonyl (C=O) groups excluding carboxylic acids is 1. The monoisotopic (exact) mass is 352 g/mol. The largest absolute Gasteiger partial charge is 0.289 e. The van der Waals surface area contributed by atoms with Crippen molar-refractivity contribution in [3.8, 4) is 0 Å². The SMILES string of the molecule is CCCCCc1ccc(C2=C(c3ccccc3)c3ccccc3C2=O)cc1. The number of unbranched alkanes of at least 4 members (excludes halogenated alkanes) is 2. The molecule has 27 heavy (non-hydrogen) atoms. The summed E-state index contributed by atoms with van der Waals surface area (Å²) in [6.45, 7) is 2.23. The van der Waals surface area contributed by atoms with Crippen LogP contribution >= 0.6 is 0 Å². The minimum Gasteiger partial charge on any atom is -0.289 e. The van der Waals surface area contributed by atoms with E-state index in [1.165, 1.54) is 24.8 Å². The van der Waals surface area contributed by atoms with Gasteiger partial charge in [-0.2, -0.15) is 0 Å². The van der Waals surface area contributed by atoms with Gasteiger partial charge in [-0.25, -0.2) is 0 Å². The molecule has 0 fully saturated rings. The molecular formula is C26H24O. The minimum atomic E-state index is 0.128. The van der Waals surface area contributed by atoms with Crippen molar-refractivity contribution in [2.45, 2.75) is 32.6 Å².